The lowest BCUT2D eigenvalue weighted by Gasteiger charge is -2.72. The first-order valence-electron chi connectivity index (χ1n) is 18.0. The molecule has 2 aromatic rings. The molecular formula is C40H54N4O3. The number of nitrogens with one attached hydrogen (secondary N) is 1. The van der Waals surface area contributed by atoms with Crippen LogP contribution in [0, 0.1) is 51.2 Å². The van der Waals surface area contributed by atoms with E-state index in [2.05, 4.69) is 69.8 Å². The number of benzene rings is 1. The van der Waals surface area contributed by atoms with Crippen molar-refractivity contribution in [2.45, 2.75) is 111 Å². The molecular weight excluding hydrogens is 584 g/mol. The van der Waals surface area contributed by atoms with E-state index in [1.54, 1.807) is 29.2 Å². The standard InChI is InChI=1S/C40H54N4O3/c1-25(2)28-14-19-40(42-33(45)24-44-23-22-41-43-44)21-20-38(6)30(34(28)40)12-13-32-37(5)17-15-29(26-8-10-27(11-9-26)35(46)47)36(3,4)31(37)16-18-39(32,38)7/h8-11,15,22-23,28,30-32,34H,1,12-14,16-21,24H2,2-7H3,(H,42,45)(H,46,47). The molecule has 1 aromatic heterocycles. The molecule has 4 fully saturated rings. The molecule has 0 radical (unpaired) electrons. The van der Waals surface area contributed by atoms with Gasteiger partial charge in [-0.25, -0.2) is 9.48 Å². The molecule has 5 aliphatic carbocycles. The summed E-state index contributed by atoms with van der Waals surface area (Å²) in [6, 6.07) is 7.53. The molecule has 0 bridgehead atoms. The molecule has 7 rings (SSSR count). The monoisotopic (exact) mass is 638 g/mol. The highest BCUT2D eigenvalue weighted by atomic mass is 16.4. The minimum absolute atomic E-state index is 0.0105. The Morgan fingerprint density at radius 3 is 2.36 bits per heavy atom. The third-order valence-corrected chi connectivity index (χ3v) is 15.3. The third-order valence-electron chi connectivity index (χ3n) is 15.3. The lowest BCUT2D eigenvalue weighted by molar-refractivity contribution is -0.219. The van der Waals surface area contributed by atoms with E-state index in [9.17, 15) is 14.7 Å². The van der Waals surface area contributed by atoms with E-state index in [0.717, 1.165) is 37.7 Å². The Hall–Kier alpha value is -3.22. The zero-order chi connectivity index (χ0) is 33.6. The highest BCUT2D eigenvalue weighted by Gasteiger charge is 2.70. The van der Waals surface area contributed by atoms with Gasteiger partial charge in [0.2, 0.25) is 5.91 Å². The molecule has 0 aliphatic heterocycles. The average molecular weight is 639 g/mol. The van der Waals surface area contributed by atoms with E-state index in [1.807, 2.05) is 12.1 Å². The van der Waals surface area contributed by atoms with Gasteiger partial charge >= 0.3 is 5.97 Å². The molecule has 9 unspecified atom stereocenters. The van der Waals surface area contributed by atoms with E-state index in [-0.39, 0.29) is 39.7 Å². The molecule has 2 N–H and O–H groups in total. The maximum atomic E-state index is 13.5. The first-order chi connectivity index (χ1) is 22.2. The van der Waals surface area contributed by atoms with E-state index < -0.39 is 5.97 Å². The summed E-state index contributed by atoms with van der Waals surface area (Å²) >= 11 is 0. The summed E-state index contributed by atoms with van der Waals surface area (Å²) in [5, 5.41) is 21.1. The van der Waals surface area contributed by atoms with Crippen LogP contribution in [-0.4, -0.2) is 37.5 Å². The number of allylic oxidation sites excluding steroid dienone is 3. The summed E-state index contributed by atoms with van der Waals surface area (Å²) in [5.41, 5.74) is 4.55. The SMILES string of the molecule is C=C(C)C1CCC2(NC(=O)Cn3ccnn3)CCC3(C)C(CCC4C5(C)CC=C(c6ccc(C(=O)O)cc6)C(C)(C)C5CCC43C)C12. The fourth-order valence-electron chi connectivity index (χ4n) is 13.0. The minimum atomic E-state index is -0.877. The Morgan fingerprint density at radius 1 is 0.957 bits per heavy atom. The molecule has 9 atom stereocenters. The molecule has 5 aliphatic rings. The van der Waals surface area contributed by atoms with Gasteiger partial charge in [-0.1, -0.05) is 70.2 Å². The van der Waals surface area contributed by atoms with E-state index in [4.69, 9.17) is 0 Å². The summed E-state index contributed by atoms with van der Waals surface area (Å²) in [7, 11) is 0. The fourth-order valence-corrected chi connectivity index (χ4v) is 13.0. The Bertz CT molecular complexity index is 1610. The lowest BCUT2D eigenvalue weighted by atomic mass is 9.33. The second-order valence-corrected chi connectivity index (χ2v) is 17.4. The molecule has 47 heavy (non-hydrogen) atoms. The molecule has 1 amide bonds. The number of aromatic nitrogens is 3. The largest absolute Gasteiger partial charge is 0.478 e. The number of fused-ring (bicyclic) bond motifs is 7. The summed E-state index contributed by atoms with van der Waals surface area (Å²) in [6.45, 7) is 19.7. The van der Waals surface area contributed by atoms with Crippen molar-refractivity contribution in [2.24, 2.45) is 51.2 Å². The van der Waals surface area contributed by atoms with Gasteiger partial charge in [0, 0.05) is 11.7 Å². The van der Waals surface area contributed by atoms with Crippen LogP contribution in [0.5, 0.6) is 0 Å². The first kappa shape index (κ1) is 32.3. The molecule has 4 saturated carbocycles. The zero-order valence-corrected chi connectivity index (χ0v) is 29.3. The molecule has 0 spiro atoms. The Kier molecular flexibility index (Phi) is 7.50. The van der Waals surface area contributed by atoms with Gasteiger partial charge in [0.1, 0.15) is 6.54 Å². The van der Waals surface area contributed by atoms with Crippen molar-refractivity contribution in [1.82, 2.24) is 20.3 Å². The van der Waals surface area contributed by atoms with Crippen LogP contribution in [0.15, 0.2) is 54.9 Å². The average Bonchev–Trinajstić information content (AvgIpc) is 3.65. The van der Waals surface area contributed by atoms with Crippen molar-refractivity contribution < 1.29 is 14.7 Å². The van der Waals surface area contributed by atoms with Gasteiger partial charge in [0.25, 0.3) is 0 Å². The van der Waals surface area contributed by atoms with Crippen molar-refractivity contribution >= 4 is 17.4 Å². The number of amides is 1. The topological polar surface area (TPSA) is 97.1 Å². The second-order valence-electron chi connectivity index (χ2n) is 17.4. The summed E-state index contributed by atoms with van der Waals surface area (Å²) in [5.74, 6) is 1.74. The Balaban J connectivity index is 1.20. The number of carboxylic acid groups (broad SMARTS) is 1. The smallest absolute Gasteiger partial charge is 0.335 e. The number of aromatic carboxylic acids is 1. The van der Waals surface area contributed by atoms with Crippen LogP contribution in [-0.2, 0) is 11.3 Å². The molecule has 1 aromatic carbocycles. The Labute approximate surface area is 280 Å². The van der Waals surface area contributed by atoms with Gasteiger partial charge in [-0.2, -0.15) is 0 Å². The number of carbonyl (C=O) groups excluding carboxylic acids is 1. The van der Waals surface area contributed by atoms with Crippen LogP contribution in [0.3, 0.4) is 0 Å². The van der Waals surface area contributed by atoms with Gasteiger partial charge in [0.05, 0.1) is 11.8 Å². The molecule has 1 heterocycles. The number of carboxylic acids is 1. The number of rotatable bonds is 6. The van der Waals surface area contributed by atoms with Crippen LogP contribution < -0.4 is 5.32 Å². The number of carbonyl (C=O) groups is 2. The van der Waals surface area contributed by atoms with E-state index >= 15 is 0 Å². The Morgan fingerprint density at radius 2 is 1.70 bits per heavy atom. The van der Waals surface area contributed by atoms with Crippen LogP contribution in [0.25, 0.3) is 5.57 Å². The molecule has 7 nitrogen and oxygen atoms in total. The van der Waals surface area contributed by atoms with Gasteiger partial charge in [-0.15, -0.1) is 5.10 Å². The second kappa shape index (κ2) is 10.9. The van der Waals surface area contributed by atoms with Gasteiger partial charge in [0.15, 0.2) is 0 Å². The van der Waals surface area contributed by atoms with E-state index in [1.165, 1.54) is 36.8 Å². The van der Waals surface area contributed by atoms with E-state index in [0.29, 0.717) is 35.2 Å². The molecule has 252 valence electrons. The summed E-state index contributed by atoms with van der Waals surface area (Å²) < 4.78 is 1.63. The molecule has 0 saturated heterocycles. The normalized spacial score (nSPS) is 40.2. The van der Waals surface area contributed by atoms with Crippen molar-refractivity contribution in [1.29, 1.82) is 0 Å². The third kappa shape index (κ3) is 4.64. The van der Waals surface area contributed by atoms with Crippen LogP contribution >= 0.6 is 0 Å². The minimum Gasteiger partial charge on any atom is -0.478 e. The van der Waals surface area contributed by atoms with Crippen LogP contribution in [0.2, 0.25) is 0 Å². The van der Waals surface area contributed by atoms with Crippen molar-refractivity contribution in [3.63, 3.8) is 0 Å². The maximum absolute atomic E-state index is 13.5. The number of hydrogen-bond acceptors (Lipinski definition) is 4. The maximum Gasteiger partial charge on any atom is 0.335 e. The highest BCUT2D eigenvalue weighted by Crippen LogP contribution is 2.76. The quantitative estimate of drug-likeness (QED) is 0.311. The van der Waals surface area contributed by atoms with Gasteiger partial charge < -0.3 is 10.4 Å². The number of nitrogens with zero attached hydrogens (tertiary/aromatic N) is 3. The van der Waals surface area contributed by atoms with Gasteiger partial charge in [-0.05, 0) is 139 Å². The van der Waals surface area contributed by atoms with Crippen LogP contribution in [0.1, 0.15) is 115 Å². The highest BCUT2D eigenvalue weighted by molar-refractivity contribution is 5.88. The summed E-state index contributed by atoms with van der Waals surface area (Å²) in [6.07, 6.45) is 16.2. The zero-order valence-electron chi connectivity index (χ0n) is 29.3. The van der Waals surface area contributed by atoms with Crippen molar-refractivity contribution in [2.75, 3.05) is 0 Å². The van der Waals surface area contributed by atoms with Crippen molar-refractivity contribution in [3.8, 4) is 0 Å². The van der Waals surface area contributed by atoms with Crippen molar-refractivity contribution in [3.05, 3.63) is 66.0 Å². The lowest BCUT2D eigenvalue weighted by Crippen LogP contribution is -2.68. The molecule has 7 heteroatoms. The summed E-state index contributed by atoms with van der Waals surface area (Å²) in [4.78, 5) is 25.0. The first-order valence-corrected chi connectivity index (χ1v) is 18.0. The fraction of sp³-hybridized carbons (Fsp3) is 0.650. The van der Waals surface area contributed by atoms with Crippen LogP contribution in [0.4, 0.5) is 0 Å². The van der Waals surface area contributed by atoms with Gasteiger partial charge in [-0.3, -0.25) is 4.79 Å². The predicted octanol–water partition coefficient (Wildman–Crippen LogP) is 8.20. The number of hydrogen-bond donors (Lipinski definition) is 2. The predicted molar refractivity (Wildman–Crippen MR) is 184 cm³/mol.